The lowest BCUT2D eigenvalue weighted by atomic mass is 9.45. The number of aryl methyl sites for hydroxylation is 2. The van der Waals surface area contributed by atoms with Crippen LogP contribution >= 0.6 is 0 Å². The van der Waals surface area contributed by atoms with Crippen LogP contribution in [-0.2, 0) is 22.4 Å². The number of fused-ring (bicyclic) bond motifs is 1. The zero-order valence-electron chi connectivity index (χ0n) is 21.9. The lowest BCUT2D eigenvalue weighted by Crippen LogP contribution is -2.50. The van der Waals surface area contributed by atoms with Gasteiger partial charge in [-0.3, -0.25) is 4.79 Å². The first-order valence-corrected chi connectivity index (χ1v) is 12.7. The van der Waals surface area contributed by atoms with Crippen LogP contribution in [0, 0.1) is 29.6 Å². The third kappa shape index (κ3) is 5.56. The van der Waals surface area contributed by atoms with Gasteiger partial charge in [-0.25, -0.2) is 0 Å². The van der Waals surface area contributed by atoms with E-state index in [9.17, 15) is 9.90 Å². The molecule has 0 spiro atoms. The molecule has 2 aromatic carbocycles. The van der Waals surface area contributed by atoms with Crippen LogP contribution in [0.4, 0.5) is 0 Å². The predicted molar refractivity (Wildman–Crippen MR) is 139 cm³/mol. The standard InChI is InChI=1S/C18H25O.C13H16O2/c1-12-11-17(3,4)16(12)18(5,6)13(2)14-7-9-15(19)10-8-14;1-10(15-9-14)12-7-6-11-4-2-3-5-13(11)8-12/h7-10,12-13H,2,11H2,1,3-6H3;6-10H,2-5H2,1H3/q+1;/p+1. The molecule has 1 saturated carbocycles. The van der Waals surface area contributed by atoms with Crippen molar-refractivity contribution in [1.82, 2.24) is 0 Å². The molecule has 3 atom stereocenters. The summed E-state index contributed by atoms with van der Waals surface area (Å²) < 4.78 is 4.94. The Morgan fingerprint density at radius 3 is 2.24 bits per heavy atom. The quantitative estimate of drug-likeness (QED) is 0.352. The molecule has 34 heavy (non-hydrogen) atoms. The Kier molecular flexibility index (Phi) is 7.95. The summed E-state index contributed by atoms with van der Waals surface area (Å²) in [4.78, 5) is 10.3. The van der Waals surface area contributed by atoms with Crippen molar-refractivity contribution in [3.63, 3.8) is 0 Å². The van der Waals surface area contributed by atoms with Crippen LogP contribution < -0.4 is 0 Å². The number of carbonyl (C=O) groups is 1. The summed E-state index contributed by atoms with van der Waals surface area (Å²) in [5, 5.41) is 9.41. The van der Waals surface area contributed by atoms with Crippen LogP contribution in [-0.4, -0.2) is 11.6 Å². The second kappa shape index (κ2) is 10.4. The third-order valence-corrected chi connectivity index (χ3v) is 8.00. The van der Waals surface area contributed by atoms with Crippen LogP contribution in [0.15, 0.2) is 42.5 Å². The van der Waals surface area contributed by atoms with Crippen LogP contribution in [0.1, 0.15) is 95.1 Å². The summed E-state index contributed by atoms with van der Waals surface area (Å²) in [6.45, 7) is 18.5. The molecule has 2 aromatic rings. The molecule has 0 amide bonds. The van der Waals surface area contributed by atoms with E-state index in [1.807, 2.05) is 19.1 Å². The van der Waals surface area contributed by atoms with Crippen molar-refractivity contribution in [3.8, 4) is 5.75 Å². The van der Waals surface area contributed by atoms with Crippen molar-refractivity contribution in [1.29, 1.82) is 0 Å². The van der Waals surface area contributed by atoms with Gasteiger partial charge in [0.1, 0.15) is 29.1 Å². The Bertz CT molecular complexity index is 957. The maximum atomic E-state index is 10.3. The fraction of sp³-hybridized carbons (Fsp3) is 0.516. The fourth-order valence-electron chi connectivity index (χ4n) is 6.50. The molecular weight excluding hydrogens is 420 g/mol. The van der Waals surface area contributed by atoms with Gasteiger partial charge in [-0.15, -0.1) is 0 Å². The van der Waals surface area contributed by atoms with Gasteiger partial charge in [-0.05, 0) is 96.0 Å². The van der Waals surface area contributed by atoms with Crippen molar-refractivity contribution in [2.75, 3.05) is 0 Å². The Morgan fingerprint density at radius 2 is 1.68 bits per heavy atom. The lowest BCUT2D eigenvalue weighted by Gasteiger charge is -2.47. The molecule has 0 bridgehead atoms. The van der Waals surface area contributed by atoms with E-state index in [-0.39, 0.29) is 17.4 Å². The zero-order valence-corrected chi connectivity index (χ0v) is 21.9. The molecule has 2 aliphatic rings. The molecule has 4 rings (SSSR count). The fourth-order valence-corrected chi connectivity index (χ4v) is 6.50. The second-order valence-corrected chi connectivity index (χ2v) is 11.4. The topological polar surface area (TPSA) is 46.5 Å². The molecule has 1 fully saturated rings. The molecular formula is C31H42O3+2. The minimum atomic E-state index is -0.130. The van der Waals surface area contributed by atoms with Gasteiger partial charge in [-0.1, -0.05) is 30.3 Å². The van der Waals surface area contributed by atoms with Crippen molar-refractivity contribution in [2.45, 2.75) is 85.7 Å². The van der Waals surface area contributed by atoms with Crippen molar-refractivity contribution in [2.24, 2.45) is 16.7 Å². The van der Waals surface area contributed by atoms with Crippen LogP contribution in [0.2, 0.25) is 0 Å². The number of hydrogen-bond donors (Lipinski definition) is 1. The van der Waals surface area contributed by atoms with E-state index in [1.165, 1.54) is 42.4 Å². The number of benzene rings is 2. The lowest BCUT2D eigenvalue weighted by molar-refractivity contribution is -0.133. The van der Waals surface area contributed by atoms with Gasteiger partial charge in [0.2, 0.25) is 0 Å². The van der Waals surface area contributed by atoms with E-state index in [0.29, 0.717) is 23.6 Å². The van der Waals surface area contributed by atoms with Gasteiger partial charge in [0.25, 0.3) is 6.47 Å². The first-order chi connectivity index (χ1) is 16.0. The molecule has 3 heteroatoms. The molecule has 0 saturated heterocycles. The van der Waals surface area contributed by atoms with E-state index in [2.05, 4.69) is 59.7 Å². The molecule has 182 valence electrons. The first-order valence-electron chi connectivity index (χ1n) is 12.7. The number of aromatic hydroxyl groups is 1. The minimum absolute atomic E-state index is 0.0815. The predicted octanol–water partition coefficient (Wildman–Crippen LogP) is 7.78. The highest BCUT2D eigenvalue weighted by molar-refractivity contribution is 5.40. The highest BCUT2D eigenvalue weighted by Gasteiger charge is 2.66. The second-order valence-electron chi connectivity index (χ2n) is 11.4. The SMILES string of the molecule is CC(OC=O)c1ccc2c(c1)CCCC2.[CH2+]C(c1ccc(O)cc1)C(C)(C)[C+]1C(C)CC1(C)C. The van der Waals surface area contributed by atoms with Gasteiger partial charge in [0, 0.05) is 12.0 Å². The molecule has 3 unspecified atom stereocenters. The molecule has 3 nitrogen and oxygen atoms in total. The van der Waals surface area contributed by atoms with Crippen LogP contribution in [0.3, 0.4) is 0 Å². The van der Waals surface area contributed by atoms with Gasteiger partial charge < -0.3 is 9.84 Å². The highest BCUT2D eigenvalue weighted by Crippen LogP contribution is 2.63. The normalized spacial score (nSPS) is 20.6. The Labute approximate surface area is 206 Å². The third-order valence-electron chi connectivity index (χ3n) is 8.00. The van der Waals surface area contributed by atoms with E-state index in [4.69, 9.17) is 4.74 Å². The number of hydrogen-bond acceptors (Lipinski definition) is 3. The van der Waals surface area contributed by atoms with E-state index in [1.54, 1.807) is 18.1 Å². The molecule has 0 heterocycles. The van der Waals surface area contributed by atoms with E-state index in [0.717, 1.165) is 12.0 Å². The Morgan fingerprint density at radius 1 is 1.09 bits per heavy atom. The summed E-state index contributed by atoms with van der Waals surface area (Å²) in [6, 6.07) is 13.9. The summed E-state index contributed by atoms with van der Waals surface area (Å²) >= 11 is 0. The maximum absolute atomic E-state index is 10.3. The van der Waals surface area contributed by atoms with Crippen molar-refractivity contribution < 1.29 is 14.6 Å². The number of rotatable bonds is 6. The van der Waals surface area contributed by atoms with E-state index < -0.39 is 0 Å². The monoisotopic (exact) mass is 462 g/mol. The minimum Gasteiger partial charge on any atom is -0.508 e. The molecule has 0 aliphatic heterocycles. The summed E-state index contributed by atoms with van der Waals surface area (Å²) in [5.41, 5.74) is 5.60. The van der Waals surface area contributed by atoms with Gasteiger partial charge in [-0.2, -0.15) is 0 Å². The Balaban J connectivity index is 0.000000196. The average molecular weight is 463 g/mol. The molecule has 0 aromatic heterocycles. The summed E-state index contributed by atoms with van der Waals surface area (Å²) in [7, 11) is 0. The largest absolute Gasteiger partial charge is 0.508 e. The smallest absolute Gasteiger partial charge is 0.293 e. The molecule has 2 aliphatic carbocycles. The maximum Gasteiger partial charge on any atom is 0.293 e. The Hall–Kier alpha value is -2.55. The first kappa shape index (κ1) is 26.1. The molecule has 1 N–H and O–H groups in total. The van der Waals surface area contributed by atoms with Crippen LogP contribution in [0.25, 0.3) is 0 Å². The van der Waals surface area contributed by atoms with E-state index >= 15 is 0 Å². The number of phenols is 1. The number of carbonyl (C=O) groups excluding carboxylic acids is 1. The van der Waals surface area contributed by atoms with Gasteiger partial charge >= 0.3 is 0 Å². The van der Waals surface area contributed by atoms with Crippen molar-refractivity contribution in [3.05, 3.63) is 77.6 Å². The number of ether oxygens (including phenoxy) is 1. The number of phenolic OH excluding ortho intramolecular Hbond substituents is 1. The van der Waals surface area contributed by atoms with Gasteiger partial charge in [0.05, 0.1) is 6.92 Å². The van der Waals surface area contributed by atoms with Gasteiger partial charge in [0.15, 0.2) is 11.3 Å². The highest BCUT2D eigenvalue weighted by atomic mass is 16.5. The van der Waals surface area contributed by atoms with Crippen molar-refractivity contribution >= 4 is 6.47 Å². The molecule has 0 radical (unpaired) electrons. The summed E-state index contributed by atoms with van der Waals surface area (Å²) in [5.74, 6) is 2.85. The van der Waals surface area contributed by atoms with Crippen LogP contribution in [0.5, 0.6) is 5.75 Å². The summed E-state index contributed by atoms with van der Waals surface area (Å²) in [6.07, 6.45) is 6.07. The zero-order chi connectivity index (χ0) is 25.1. The average Bonchev–Trinajstić information content (AvgIpc) is 2.78.